The fourth-order valence-electron chi connectivity index (χ4n) is 7.00. The van der Waals surface area contributed by atoms with Crippen molar-refractivity contribution in [1.82, 2.24) is 20.3 Å². The highest BCUT2D eigenvalue weighted by Gasteiger charge is 2.24. The minimum absolute atomic E-state index is 0.0277. The maximum absolute atomic E-state index is 13.4. The monoisotopic (exact) mass is 898 g/mol. The van der Waals surface area contributed by atoms with E-state index < -0.39 is 22.6 Å². The number of carboxylic acids is 1. The Morgan fingerprint density at radius 2 is 1.48 bits per heavy atom. The number of carbonyl (C=O) groups excluding carboxylic acids is 2. The number of nitrogens with zero attached hydrogens (tertiary/aromatic N) is 3. The van der Waals surface area contributed by atoms with Crippen molar-refractivity contribution < 1.29 is 52.7 Å². The van der Waals surface area contributed by atoms with E-state index in [1.54, 1.807) is 41.2 Å². The van der Waals surface area contributed by atoms with Crippen LogP contribution in [0.25, 0.3) is 44.4 Å². The van der Waals surface area contributed by atoms with E-state index in [2.05, 4.69) is 15.6 Å². The molecular weight excluding hydrogens is 861 g/mol. The van der Waals surface area contributed by atoms with Crippen LogP contribution in [0.2, 0.25) is 0 Å². The van der Waals surface area contributed by atoms with Crippen LogP contribution in [0, 0.1) is 0 Å². The summed E-state index contributed by atoms with van der Waals surface area (Å²) < 4.78 is 29.9. The van der Waals surface area contributed by atoms with Crippen LogP contribution in [0.4, 0.5) is 0 Å². The summed E-state index contributed by atoms with van der Waals surface area (Å²) in [4.78, 5) is 64.2. The van der Waals surface area contributed by atoms with Crippen molar-refractivity contribution in [1.29, 1.82) is 0 Å². The first-order valence-corrected chi connectivity index (χ1v) is 20.9. The topological polar surface area (TPSA) is 243 Å². The van der Waals surface area contributed by atoms with Crippen molar-refractivity contribution in [3.8, 4) is 33.9 Å². The van der Waals surface area contributed by atoms with Crippen LogP contribution in [0.5, 0.6) is 11.5 Å². The van der Waals surface area contributed by atoms with Gasteiger partial charge in [-0.15, -0.1) is 5.10 Å². The largest absolute Gasteiger partial charge is 0.508 e. The van der Waals surface area contributed by atoms with Gasteiger partial charge in [-0.05, 0) is 89.6 Å². The van der Waals surface area contributed by atoms with E-state index >= 15 is 0 Å². The first-order chi connectivity index (χ1) is 31.5. The number of phenolic OH excluding ortho intramolecular Hbond substituents is 2. The van der Waals surface area contributed by atoms with Gasteiger partial charge < -0.3 is 43.7 Å². The van der Waals surface area contributed by atoms with Gasteiger partial charge in [0.05, 0.1) is 64.5 Å². The average molecular weight is 899 g/mol. The highest BCUT2D eigenvalue weighted by atomic mass is 32.2. The van der Waals surface area contributed by atoms with E-state index in [0.717, 1.165) is 11.8 Å². The maximum Gasteiger partial charge on any atom is 0.348 e. The normalized spacial score (nSPS) is 11.4. The molecule has 0 bridgehead atoms. The zero-order valence-corrected chi connectivity index (χ0v) is 35.0. The molecule has 65 heavy (non-hydrogen) atoms. The number of nitrogens with one attached hydrogen (secondary N) is 1. The molecule has 17 nitrogen and oxygen atoms in total. The lowest BCUT2D eigenvalue weighted by Gasteiger charge is -2.17. The van der Waals surface area contributed by atoms with E-state index in [1.807, 2.05) is 6.07 Å². The Morgan fingerprint density at radius 3 is 2.28 bits per heavy atom. The third-order valence-corrected chi connectivity index (χ3v) is 11.0. The number of rotatable bonds is 18. The number of carbonyl (C=O) groups is 3. The summed E-state index contributed by atoms with van der Waals surface area (Å²) in [6.45, 7) is 1.80. The SMILES string of the molecule is O=C(NCc1cn(CCOCCOCCOCc2cc(O)cc3oc(=O)c(C(=O)Sc4ccccc4)cc23)nn1)c1ccc(C(=O)O)c(-c2c3ccc(=O)cc-3oc3cc(O)ccc23)c1. The molecule has 4 aromatic carbocycles. The fourth-order valence-corrected chi connectivity index (χ4v) is 7.76. The summed E-state index contributed by atoms with van der Waals surface area (Å²) in [6, 6.07) is 25.9. The van der Waals surface area contributed by atoms with Gasteiger partial charge in [0.25, 0.3) is 5.91 Å². The van der Waals surface area contributed by atoms with E-state index in [4.69, 9.17) is 23.0 Å². The molecule has 3 heterocycles. The van der Waals surface area contributed by atoms with Crippen LogP contribution in [0.3, 0.4) is 0 Å². The highest BCUT2D eigenvalue weighted by molar-refractivity contribution is 8.14. The quantitative estimate of drug-likeness (QED) is 0.0311. The molecule has 1 amide bonds. The number of thioether (sulfide) groups is 1. The summed E-state index contributed by atoms with van der Waals surface area (Å²) >= 11 is 0.916. The lowest BCUT2D eigenvalue weighted by Crippen LogP contribution is -2.23. The number of aromatic hydroxyl groups is 2. The number of benzene rings is 5. The van der Waals surface area contributed by atoms with Gasteiger partial charge in [0.15, 0.2) is 5.43 Å². The molecule has 0 unspecified atom stereocenters. The molecular formula is C47H38N4O13S. The minimum Gasteiger partial charge on any atom is -0.508 e. The predicted molar refractivity (Wildman–Crippen MR) is 236 cm³/mol. The smallest absolute Gasteiger partial charge is 0.348 e. The van der Waals surface area contributed by atoms with Gasteiger partial charge in [-0.25, -0.2) is 14.3 Å². The van der Waals surface area contributed by atoms with Crippen LogP contribution >= 0.6 is 11.8 Å². The molecule has 0 fully saturated rings. The number of amides is 1. The molecule has 0 atom stereocenters. The van der Waals surface area contributed by atoms with Crippen LogP contribution in [-0.4, -0.2) is 80.3 Å². The van der Waals surface area contributed by atoms with Crippen LogP contribution in [0.1, 0.15) is 42.3 Å². The van der Waals surface area contributed by atoms with Crippen LogP contribution < -0.4 is 16.4 Å². The van der Waals surface area contributed by atoms with Crippen molar-refractivity contribution in [2.24, 2.45) is 0 Å². The van der Waals surface area contributed by atoms with E-state index in [1.165, 1.54) is 66.7 Å². The molecule has 0 spiro atoms. The number of aromatic carboxylic acids is 1. The number of hydrogen-bond donors (Lipinski definition) is 4. The Morgan fingerprint density at radius 1 is 0.723 bits per heavy atom. The summed E-state index contributed by atoms with van der Waals surface area (Å²) in [5.74, 6) is -1.75. The van der Waals surface area contributed by atoms with Crippen LogP contribution in [0.15, 0.2) is 133 Å². The molecule has 0 saturated heterocycles. The number of fused-ring (bicyclic) bond motifs is 3. The second-order valence-corrected chi connectivity index (χ2v) is 15.5. The average Bonchev–Trinajstić information content (AvgIpc) is 3.75. The highest BCUT2D eigenvalue weighted by Crippen LogP contribution is 2.42. The van der Waals surface area contributed by atoms with E-state index in [0.29, 0.717) is 57.8 Å². The minimum atomic E-state index is -1.23. The Balaban J connectivity index is 0.786. The van der Waals surface area contributed by atoms with Gasteiger partial charge in [-0.2, -0.15) is 0 Å². The van der Waals surface area contributed by atoms with Crippen molar-refractivity contribution >= 4 is 50.7 Å². The molecule has 4 N–H and O–H groups in total. The first kappa shape index (κ1) is 44.0. The number of aromatic nitrogens is 3. The van der Waals surface area contributed by atoms with Crippen LogP contribution in [-0.2, 0) is 33.9 Å². The molecule has 0 radical (unpaired) electrons. The Hall–Kier alpha value is -7.64. The van der Waals surface area contributed by atoms with Crippen molar-refractivity contribution in [3.05, 3.63) is 158 Å². The van der Waals surface area contributed by atoms with E-state index in [-0.39, 0.29) is 89.1 Å². The molecule has 2 aromatic heterocycles. The third kappa shape index (κ3) is 10.4. The number of ether oxygens (including phenoxy) is 3. The summed E-state index contributed by atoms with van der Waals surface area (Å²) in [6.07, 6.45) is 1.66. The maximum atomic E-state index is 13.4. The number of hydrogen-bond acceptors (Lipinski definition) is 15. The molecule has 1 aliphatic heterocycles. The van der Waals surface area contributed by atoms with E-state index in [9.17, 15) is 39.3 Å². The molecule has 0 saturated carbocycles. The van der Waals surface area contributed by atoms with Crippen molar-refractivity contribution in [2.45, 2.75) is 24.6 Å². The van der Waals surface area contributed by atoms with Gasteiger partial charge >= 0.3 is 11.6 Å². The standard InChI is InChI=1S/C47H38N4O13S/c52-30-7-10-35-40(20-30)63-41-21-31(53)8-11-36(41)43(35)38-19-27(6-9-34(38)45(56)57)44(55)48-24-29-25-51(50-49-29)12-13-60-14-15-61-16-17-62-26-28-18-32(54)22-42-37(28)23-39(46(58)64-42)47(59)65-33-4-2-1-3-5-33/h1-11,18-23,25,52,54H,12-17,24,26H2,(H,48,55)(H,56,57). The molecule has 1 aliphatic carbocycles. The number of carboxylic acid groups (broad SMARTS) is 1. The molecule has 18 heteroatoms. The van der Waals surface area contributed by atoms with Gasteiger partial charge in [0.1, 0.15) is 39.7 Å². The second-order valence-electron chi connectivity index (χ2n) is 14.5. The summed E-state index contributed by atoms with van der Waals surface area (Å²) in [5, 5.41) is 41.9. The fraction of sp³-hybridized carbons (Fsp3) is 0.170. The lowest BCUT2D eigenvalue weighted by molar-refractivity contribution is 0.00914. The Bertz CT molecular complexity index is 3150. The van der Waals surface area contributed by atoms with Gasteiger partial charge in [0, 0.05) is 50.6 Å². The van der Waals surface area contributed by atoms with Crippen molar-refractivity contribution in [3.63, 3.8) is 0 Å². The summed E-state index contributed by atoms with van der Waals surface area (Å²) in [7, 11) is 0. The zero-order valence-electron chi connectivity index (χ0n) is 34.2. The van der Waals surface area contributed by atoms with Gasteiger partial charge in [0.2, 0.25) is 5.12 Å². The second kappa shape index (κ2) is 19.8. The molecule has 8 rings (SSSR count). The molecule has 6 aromatic rings. The zero-order chi connectivity index (χ0) is 45.5. The third-order valence-electron chi connectivity index (χ3n) is 10.0. The number of phenols is 2. The molecule has 330 valence electrons. The predicted octanol–water partition coefficient (Wildman–Crippen LogP) is 6.48. The lowest BCUT2D eigenvalue weighted by atomic mass is 9.89. The molecule has 2 aliphatic rings. The summed E-state index contributed by atoms with van der Waals surface area (Å²) in [5.41, 5.74) is 1.27. The van der Waals surface area contributed by atoms with Gasteiger partial charge in [-0.3, -0.25) is 14.4 Å². The Labute approximate surface area is 372 Å². The Kier molecular flexibility index (Phi) is 13.4. The first-order valence-electron chi connectivity index (χ1n) is 20.1. The van der Waals surface area contributed by atoms with Gasteiger partial charge in [-0.1, -0.05) is 23.4 Å². The van der Waals surface area contributed by atoms with Crippen molar-refractivity contribution in [2.75, 3.05) is 33.0 Å².